The first-order chi connectivity index (χ1) is 13.2. The number of rotatable bonds is 4. The fraction of sp³-hybridized carbons (Fsp3) is 0.250. The number of nitriles is 1. The van der Waals surface area contributed by atoms with E-state index in [-0.39, 0.29) is 5.69 Å². The zero-order valence-corrected chi connectivity index (χ0v) is 15.0. The topological polar surface area (TPSA) is 87.7 Å². The van der Waals surface area contributed by atoms with Gasteiger partial charge in [0.15, 0.2) is 0 Å². The van der Waals surface area contributed by atoms with Gasteiger partial charge >= 0.3 is 5.69 Å². The number of benzene rings is 2. The molecular weight excluding hydrogens is 340 g/mol. The Labute approximate surface area is 156 Å². The van der Waals surface area contributed by atoms with Crippen LogP contribution in [0.1, 0.15) is 28.4 Å². The predicted molar refractivity (Wildman–Crippen MR) is 102 cm³/mol. The lowest BCUT2D eigenvalue weighted by molar-refractivity contribution is 0.689. The van der Waals surface area contributed by atoms with E-state index in [2.05, 4.69) is 22.0 Å². The summed E-state index contributed by atoms with van der Waals surface area (Å²) >= 11 is 0. The summed E-state index contributed by atoms with van der Waals surface area (Å²) in [7, 11) is 0. The molecule has 0 aliphatic carbocycles. The van der Waals surface area contributed by atoms with Crippen molar-refractivity contribution in [2.45, 2.75) is 19.4 Å². The summed E-state index contributed by atoms with van der Waals surface area (Å²) < 4.78 is 3.05. The molecule has 0 spiro atoms. The minimum Gasteiger partial charge on any atom is -0.274 e. The first-order valence-corrected chi connectivity index (χ1v) is 8.87. The lowest BCUT2D eigenvalue weighted by atomic mass is 10.0. The number of nitrogens with zero attached hydrogens (tertiary/aromatic N) is 4. The van der Waals surface area contributed by atoms with Crippen molar-refractivity contribution < 1.29 is 0 Å². The van der Waals surface area contributed by atoms with Crippen molar-refractivity contribution in [3.63, 3.8) is 0 Å². The molecule has 3 aromatic rings. The SMILES string of the molecule is Cc1nn(-c2ccc(C3CNNC3)cc2)c(=O)n1Cc1cccc(C#N)c1. The third-order valence-electron chi connectivity index (χ3n) is 4.88. The van der Waals surface area contributed by atoms with Crippen LogP contribution in [-0.2, 0) is 6.54 Å². The molecule has 0 radical (unpaired) electrons. The highest BCUT2D eigenvalue weighted by molar-refractivity contribution is 5.36. The van der Waals surface area contributed by atoms with Crippen LogP contribution in [0.25, 0.3) is 5.69 Å². The minimum absolute atomic E-state index is 0.188. The molecule has 1 aromatic heterocycles. The Morgan fingerprint density at radius 3 is 2.63 bits per heavy atom. The van der Waals surface area contributed by atoms with Gasteiger partial charge in [-0.25, -0.2) is 4.79 Å². The van der Waals surface area contributed by atoms with Gasteiger partial charge in [-0.15, -0.1) is 0 Å². The molecule has 2 N–H and O–H groups in total. The summed E-state index contributed by atoms with van der Waals surface area (Å²) in [6, 6.07) is 17.4. The highest BCUT2D eigenvalue weighted by atomic mass is 16.2. The van der Waals surface area contributed by atoms with Gasteiger partial charge in [0.25, 0.3) is 0 Å². The normalized spacial score (nSPS) is 14.4. The lowest BCUT2D eigenvalue weighted by Gasteiger charge is -2.08. The van der Waals surface area contributed by atoms with E-state index in [4.69, 9.17) is 5.26 Å². The predicted octanol–water partition coefficient (Wildman–Crippen LogP) is 1.45. The number of nitrogens with one attached hydrogen (secondary N) is 2. The van der Waals surface area contributed by atoms with E-state index in [9.17, 15) is 4.79 Å². The quantitative estimate of drug-likeness (QED) is 0.735. The molecule has 7 heteroatoms. The van der Waals surface area contributed by atoms with Gasteiger partial charge in [0.05, 0.1) is 23.9 Å². The van der Waals surface area contributed by atoms with E-state index in [1.54, 1.807) is 16.7 Å². The summed E-state index contributed by atoms with van der Waals surface area (Å²) in [4.78, 5) is 12.9. The van der Waals surface area contributed by atoms with Crippen LogP contribution >= 0.6 is 0 Å². The van der Waals surface area contributed by atoms with Gasteiger partial charge in [-0.05, 0) is 42.3 Å². The molecule has 2 heterocycles. The minimum atomic E-state index is -0.188. The molecule has 0 bridgehead atoms. The molecule has 1 fully saturated rings. The number of hydrogen-bond donors (Lipinski definition) is 2. The lowest BCUT2D eigenvalue weighted by Crippen LogP contribution is -2.24. The maximum atomic E-state index is 12.9. The van der Waals surface area contributed by atoms with Crippen LogP contribution < -0.4 is 16.5 Å². The summed E-state index contributed by atoms with van der Waals surface area (Å²) in [5, 5.41) is 13.5. The molecule has 7 nitrogen and oxygen atoms in total. The molecule has 4 rings (SSSR count). The van der Waals surface area contributed by atoms with Crippen LogP contribution in [0.4, 0.5) is 0 Å². The van der Waals surface area contributed by atoms with Crippen molar-refractivity contribution >= 4 is 0 Å². The van der Waals surface area contributed by atoms with Gasteiger partial charge < -0.3 is 0 Å². The Morgan fingerprint density at radius 2 is 1.93 bits per heavy atom. The van der Waals surface area contributed by atoms with Crippen LogP contribution in [0, 0.1) is 18.3 Å². The molecule has 0 saturated carbocycles. The van der Waals surface area contributed by atoms with E-state index in [1.807, 2.05) is 43.3 Å². The molecule has 1 aliphatic heterocycles. The van der Waals surface area contributed by atoms with E-state index in [0.717, 1.165) is 24.3 Å². The van der Waals surface area contributed by atoms with Gasteiger partial charge in [0.2, 0.25) is 0 Å². The largest absolute Gasteiger partial charge is 0.351 e. The van der Waals surface area contributed by atoms with Gasteiger partial charge in [-0.3, -0.25) is 15.4 Å². The molecule has 1 aliphatic rings. The molecule has 27 heavy (non-hydrogen) atoms. The second-order valence-corrected chi connectivity index (χ2v) is 6.69. The molecule has 1 saturated heterocycles. The second kappa shape index (κ2) is 7.19. The molecule has 0 atom stereocenters. The Hall–Kier alpha value is -3.21. The molecule has 0 unspecified atom stereocenters. The van der Waals surface area contributed by atoms with E-state index >= 15 is 0 Å². The van der Waals surface area contributed by atoms with Crippen molar-refractivity contribution in [3.8, 4) is 11.8 Å². The van der Waals surface area contributed by atoms with Crippen LogP contribution in [0.15, 0.2) is 53.3 Å². The van der Waals surface area contributed by atoms with E-state index in [1.165, 1.54) is 10.2 Å². The maximum absolute atomic E-state index is 12.9. The van der Waals surface area contributed by atoms with Gasteiger partial charge in [0, 0.05) is 19.0 Å². The first-order valence-electron chi connectivity index (χ1n) is 8.87. The summed E-state index contributed by atoms with van der Waals surface area (Å²) in [6.45, 7) is 4.00. The second-order valence-electron chi connectivity index (χ2n) is 6.69. The van der Waals surface area contributed by atoms with E-state index < -0.39 is 0 Å². The fourth-order valence-corrected chi connectivity index (χ4v) is 3.35. The Balaban J connectivity index is 1.62. The molecule has 0 amide bonds. The van der Waals surface area contributed by atoms with Crippen molar-refractivity contribution in [1.82, 2.24) is 25.2 Å². The van der Waals surface area contributed by atoms with Gasteiger partial charge in [-0.1, -0.05) is 24.3 Å². The zero-order valence-electron chi connectivity index (χ0n) is 15.0. The Morgan fingerprint density at radius 1 is 1.19 bits per heavy atom. The highest BCUT2D eigenvalue weighted by Crippen LogP contribution is 2.18. The molecular formula is C20H20N6O. The zero-order chi connectivity index (χ0) is 18.8. The van der Waals surface area contributed by atoms with Gasteiger partial charge in [0.1, 0.15) is 5.82 Å². The average molecular weight is 360 g/mol. The average Bonchev–Trinajstić information content (AvgIpc) is 3.33. The third-order valence-corrected chi connectivity index (χ3v) is 4.88. The van der Waals surface area contributed by atoms with Crippen molar-refractivity contribution in [2.75, 3.05) is 13.1 Å². The third kappa shape index (κ3) is 3.40. The van der Waals surface area contributed by atoms with Crippen LogP contribution in [-0.4, -0.2) is 27.4 Å². The number of aryl methyl sites for hydroxylation is 1. The molecule has 2 aromatic carbocycles. The number of hydrogen-bond acceptors (Lipinski definition) is 5. The summed E-state index contributed by atoms with van der Waals surface area (Å²) in [5.74, 6) is 1.07. The van der Waals surface area contributed by atoms with Crippen molar-refractivity contribution in [1.29, 1.82) is 5.26 Å². The Kier molecular flexibility index (Phi) is 4.59. The highest BCUT2D eigenvalue weighted by Gasteiger charge is 2.17. The van der Waals surface area contributed by atoms with Crippen molar-refractivity contribution in [2.24, 2.45) is 0 Å². The molecule has 136 valence electrons. The smallest absolute Gasteiger partial charge is 0.274 e. The fourth-order valence-electron chi connectivity index (χ4n) is 3.35. The standard InChI is InChI=1S/C20H20N6O/c1-14-24-26(19-7-5-17(6-8-19)18-11-22-23-12-18)20(27)25(14)13-16-4-2-3-15(9-16)10-21/h2-9,18,22-23H,11-13H2,1H3. The summed E-state index contributed by atoms with van der Waals surface area (Å²) in [6.07, 6.45) is 0. The van der Waals surface area contributed by atoms with Crippen LogP contribution in [0.5, 0.6) is 0 Å². The van der Waals surface area contributed by atoms with Crippen LogP contribution in [0.3, 0.4) is 0 Å². The number of aromatic nitrogens is 3. The van der Waals surface area contributed by atoms with Crippen LogP contribution in [0.2, 0.25) is 0 Å². The maximum Gasteiger partial charge on any atom is 0.351 e. The Bertz CT molecular complexity index is 1050. The monoisotopic (exact) mass is 360 g/mol. The number of hydrazine groups is 1. The summed E-state index contributed by atoms with van der Waals surface area (Å²) in [5.41, 5.74) is 9.52. The van der Waals surface area contributed by atoms with Gasteiger partial charge in [-0.2, -0.15) is 15.0 Å². The van der Waals surface area contributed by atoms with E-state index in [0.29, 0.717) is 23.9 Å². The van der Waals surface area contributed by atoms with Crippen molar-refractivity contribution in [3.05, 3.63) is 81.5 Å². The first kappa shape index (κ1) is 17.2.